The summed E-state index contributed by atoms with van der Waals surface area (Å²) in [6.45, 7) is 4.01. The van der Waals surface area contributed by atoms with E-state index in [-0.39, 0.29) is 24.0 Å². The van der Waals surface area contributed by atoms with Gasteiger partial charge in [-0.3, -0.25) is 9.59 Å². The third kappa shape index (κ3) is 4.88. The van der Waals surface area contributed by atoms with Gasteiger partial charge >= 0.3 is 0 Å². The number of Topliss-reactive ketones (excluding diaryl/α,β-unsaturated/α-hetero) is 1. The maximum absolute atomic E-state index is 13.2. The fourth-order valence-corrected chi connectivity index (χ4v) is 4.93. The number of aliphatic hydroxyl groups excluding tert-OH is 1. The summed E-state index contributed by atoms with van der Waals surface area (Å²) in [5.74, 6) is 0.146. The molecule has 8 heteroatoms. The Morgan fingerprint density at radius 1 is 1.03 bits per heavy atom. The van der Waals surface area contributed by atoms with Crippen molar-refractivity contribution in [1.82, 2.24) is 4.90 Å². The maximum atomic E-state index is 13.2. The predicted molar refractivity (Wildman–Crippen MR) is 134 cm³/mol. The summed E-state index contributed by atoms with van der Waals surface area (Å²) < 4.78 is 16.4. The number of likely N-dealkylation sites (tertiary alicyclic amines) is 1. The summed E-state index contributed by atoms with van der Waals surface area (Å²) in [6.07, 6.45) is 0.00942. The highest BCUT2D eigenvalue weighted by molar-refractivity contribution is 7.10. The van der Waals surface area contributed by atoms with Gasteiger partial charge in [-0.05, 0) is 67.3 Å². The first kappa shape index (κ1) is 24.3. The van der Waals surface area contributed by atoms with Gasteiger partial charge in [-0.2, -0.15) is 0 Å². The van der Waals surface area contributed by atoms with E-state index in [4.69, 9.17) is 14.2 Å². The van der Waals surface area contributed by atoms with Gasteiger partial charge in [0, 0.05) is 17.0 Å². The lowest BCUT2D eigenvalue weighted by Crippen LogP contribution is -2.28. The highest BCUT2D eigenvalue weighted by Crippen LogP contribution is 2.42. The minimum Gasteiger partial charge on any atom is -0.507 e. The van der Waals surface area contributed by atoms with E-state index >= 15 is 0 Å². The van der Waals surface area contributed by atoms with Crippen LogP contribution in [0.3, 0.4) is 0 Å². The molecule has 2 aromatic carbocycles. The largest absolute Gasteiger partial charge is 0.507 e. The number of carbonyl (C=O) groups excluding carboxylic acids is 2. The molecule has 1 fully saturated rings. The molecular weight excluding hydrogens is 466 g/mol. The van der Waals surface area contributed by atoms with Crippen molar-refractivity contribution < 1.29 is 28.9 Å². The SMILES string of the molecule is COc1ccc(CN2C(=O)C(=O)/C(=C(\O)c3ccc(OC(C)C)cc3)C2c2cccs2)cc1OC. The zero-order valence-electron chi connectivity index (χ0n) is 20.0. The van der Waals surface area contributed by atoms with Gasteiger partial charge in [0.25, 0.3) is 11.7 Å². The maximum Gasteiger partial charge on any atom is 0.295 e. The summed E-state index contributed by atoms with van der Waals surface area (Å²) >= 11 is 1.42. The van der Waals surface area contributed by atoms with Crippen molar-refractivity contribution in [2.75, 3.05) is 14.2 Å². The average Bonchev–Trinajstić information content (AvgIpc) is 3.46. The minimum atomic E-state index is -0.719. The van der Waals surface area contributed by atoms with Crippen LogP contribution in [0.1, 0.15) is 35.9 Å². The fourth-order valence-electron chi connectivity index (χ4n) is 4.08. The zero-order chi connectivity index (χ0) is 25.1. The van der Waals surface area contributed by atoms with E-state index < -0.39 is 17.7 Å². The van der Waals surface area contributed by atoms with E-state index in [0.717, 1.165) is 10.4 Å². The van der Waals surface area contributed by atoms with Gasteiger partial charge in [0.15, 0.2) is 11.5 Å². The van der Waals surface area contributed by atoms with Crippen LogP contribution >= 0.6 is 11.3 Å². The van der Waals surface area contributed by atoms with Crippen LogP contribution in [0.15, 0.2) is 65.6 Å². The number of rotatable bonds is 8. The molecule has 0 saturated carbocycles. The van der Waals surface area contributed by atoms with Gasteiger partial charge in [-0.15, -0.1) is 11.3 Å². The normalized spacial score (nSPS) is 17.2. The van der Waals surface area contributed by atoms with Gasteiger partial charge in [0.2, 0.25) is 0 Å². The van der Waals surface area contributed by atoms with Gasteiger partial charge in [0.05, 0.1) is 31.9 Å². The van der Waals surface area contributed by atoms with Crippen molar-refractivity contribution in [2.45, 2.75) is 32.5 Å². The Balaban J connectivity index is 1.74. The standard InChI is InChI=1S/C27H27NO6S/c1-16(2)34-19-10-8-18(9-11-19)25(29)23-24(22-6-5-13-35-22)28(27(31)26(23)30)15-17-7-12-20(32-3)21(14-17)33-4/h5-14,16,24,29H,15H2,1-4H3/b25-23-. The molecule has 1 aliphatic rings. The smallest absolute Gasteiger partial charge is 0.295 e. The van der Waals surface area contributed by atoms with Crippen LogP contribution in [-0.4, -0.2) is 42.0 Å². The van der Waals surface area contributed by atoms with Crippen LogP contribution in [0.4, 0.5) is 0 Å². The molecule has 1 aromatic heterocycles. The van der Waals surface area contributed by atoms with Crippen molar-refractivity contribution in [1.29, 1.82) is 0 Å². The number of carbonyl (C=O) groups is 2. The van der Waals surface area contributed by atoms with E-state index in [2.05, 4.69) is 0 Å². The average molecular weight is 494 g/mol. The first-order valence-corrected chi connectivity index (χ1v) is 12.0. The number of benzene rings is 2. The third-order valence-electron chi connectivity index (χ3n) is 5.65. The van der Waals surface area contributed by atoms with E-state index in [1.165, 1.54) is 23.3 Å². The molecule has 1 atom stereocenters. The molecule has 1 aliphatic heterocycles. The number of nitrogens with zero attached hydrogens (tertiary/aromatic N) is 1. The van der Waals surface area contributed by atoms with Gasteiger partial charge in [-0.25, -0.2) is 0 Å². The number of hydrogen-bond acceptors (Lipinski definition) is 7. The van der Waals surface area contributed by atoms with Crippen LogP contribution < -0.4 is 14.2 Å². The van der Waals surface area contributed by atoms with E-state index in [1.807, 2.05) is 37.4 Å². The lowest BCUT2D eigenvalue weighted by atomic mass is 9.99. The second kappa shape index (κ2) is 10.2. The first-order valence-electron chi connectivity index (χ1n) is 11.1. The Morgan fingerprint density at radius 3 is 2.34 bits per heavy atom. The number of thiophene rings is 1. The molecule has 2 heterocycles. The number of aliphatic hydroxyl groups is 1. The molecule has 182 valence electrons. The number of amides is 1. The van der Waals surface area contributed by atoms with Gasteiger partial charge in [-0.1, -0.05) is 12.1 Å². The predicted octanol–water partition coefficient (Wildman–Crippen LogP) is 5.17. The monoisotopic (exact) mass is 493 g/mol. The van der Waals surface area contributed by atoms with Crippen molar-refractivity contribution in [3.63, 3.8) is 0 Å². The lowest BCUT2D eigenvalue weighted by molar-refractivity contribution is -0.140. The van der Waals surface area contributed by atoms with E-state index in [9.17, 15) is 14.7 Å². The second-order valence-electron chi connectivity index (χ2n) is 8.32. The summed E-state index contributed by atoms with van der Waals surface area (Å²) in [7, 11) is 3.09. The minimum absolute atomic E-state index is 0.00942. The number of methoxy groups -OCH3 is 2. The van der Waals surface area contributed by atoms with Crippen LogP contribution in [-0.2, 0) is 16.1 Å². The number of ketones is 1. The molecule has 1 amide bonds. The molecule has 1 N–H and O–H groups in total. The second-order valence-corrected chi connectivity index (χ2v) is 9.30. The quantitative estimate of drug-likeness (QED) is 0.265. The molecule has 1 unspecified atom stereocenters. The van der Waals surface area contributed by atoms with Crippen molar-refractivity contribution in [2.24, 2.45) is 0 Å². The Hall–Kier alpha value is -3.78. The molecule has 0 radical (unpaired) electrons. The topological polar surface area (TPSA) is 85.3 Å². The van der Waals surface area contributed by atoms with Crippen LogP contribution in [0.5, 0.6) is 17.2 Å². The molecule has 0 aliphatic carbocycles. The molecule has 7 nitrogen and oxygen atoms in total. The van der Waals surface area contributed by atoms with Gasteiger partial charge < -0.3 is 24.2 Å². The Morgan fingerprint density at radius 2 is 1.74 bits per heavy atom. The highest BCUT2D eigenvalue weighted by Gasteiger charge is 2.46. The van der Waals surface area contributed by atoms with Crippen molar-refractivity contribution >= 4 is 28.8 Å². The van der Waals surface area contributed by atoms with Crippen molar-refractivity contribution in [3.8, 4) is 17.2 Å². The number of ether oxygens (including phenoxy) is 3. The van der Waals surface area contributed by atoms with E-state index in [0.29, 0.717) is 22.8 Å². The third-order valence-corrected chi connectivity index (χ3v) is 6.58. The molecule has 0 spiro atoms. The molecular formula is C27H27NO6S. The van der Waals surface area contributed by atoms with Gasteiger partial charge in [0.1, 0.15) is 11.5 Å². The highest BCUT2D eigenvalue weighted by atomic mass is 32.1. The molecule has 3 aromatic rings. The zero-order valence-corrected chi connectivity index (χ0v) is 20.8. The van der Waals surface area contributed by atoms with Crippen molar-refractivity contribution in [3.05, 3.63) is 81.6 Å². The van der Waals surface area contributed by atoms with Crippen LogP contribution in [0.2, 0.25) is 0 Å². The number of hydrogen-bond donors (Lipinski definition) is 1. The summed E-state index contributed by atoms with van der Waals surface area (Å²) in [4.78, 5) is 28.6. The summed E-state index contributed by atoms with van der Waals surface area (Å²) in [5, 5.41) is 13.1. The lowest BCUT2D eigenvalue weighted by Gasteiger charge is -2.24. The Kier molecular flexibility index (Phi) is 7.12. The first-order chi connectivity index (χ1) is 16.8. The molecule has 1 saturated heterocycles. The Labute approximate surface area is 208 Å². The Bertz CT molecular complexity index is 1250. The fraction of sp³-hybridized carbons (Fsp3) is 0.259. The molecule has 35 heavy (non-hydrogen) atoms. The molecule has 4 rings (SSSR count). The summed E-state index contributed by atoms with van der Waals surface area (Å²) in [6, 6.07) is 15.2. The summed E-state index contributed by atoms with van der Waals surface area (Å²) in [5.41, 5.74) is 1.27. The van der Waals surface area contributed by atoms with E-state index in [1.54, 1.807) is 43.5 Å². The van der Waals surface area contributed by atoms with Crippen LogP contribution in [0, 0.1) is 0 Å². The molecule has 0 bridgehead atoms. The van der Waals surface area contributed by atoms with Crippen LogP contribution in [0.25, 0.3) is 5.76 Å².